The number of benzene rings is 2. The highest BCUT2D eigenvalue weighted by Crippen LogP contribution is 2.38. The molecule has 3 aliphatic heterocycles. The van der Waals surface area contributed by atoms with Gasteiger partial charge in [0.1, 0.15) is 22.3 Å². The molecule has 4 aromatic rings. The number of thiazole rings is 1. The Kier molecular flexibility index (Phi) is 11.7. The van der Waals surface area contributed by atoms with Crippen LogP contribution in [0.2, 0.25) is 5.02 Å². The number of nitrogens with one attached hydrogen (secondary N) is 3. The molecule has 54 heavy (non-hydrogen) atoms. The Morgan fingerprint density at radius 3 is 2.54 bits per heavy atom. The predicted octanol–water partition coefficient (Wildman–Crippen LogP) is 5.44. The number of hydrogen-bond donors (Lipinski definition) is 3. The Balaban J connectivity index is 0.819. The lowest BCUT2D eigenvalue weighted by Gasteiger charge is -2.62. The molecule has 3 N–H and O–H groups in total. The zero-order valence-corrected chi connectivity index (χ0v) is 32.5. The third-order valence-electron chi connectivity index (χ3n) is 10.8. The molecule has 0 spiro atoms. The Labute approximate surface area is 325 Å². The first-order chi connectivity index (χ1) is 26.1. The second-order valence-electron chi connectivity index (χ2n) is 14.4. The number of aromatic nitrogens is 3. The summed E-state index contributed by atoms with van der Waals surface area (Å²) in [5.41, 5.74) is 3.95. The van der Waals surface area contributed by atoms with Crippen LogP contribution in [0.1, 0.15) is 58.7 Å². The van der Waals surface area contributed by atoms with Crippen molar-refractivity contribution in [2.75, 3.05) is 72.8 Å². The van der Waals surface area contributed by atoms with Crippen LogP contribution < -0.4 is 25.8 Å². The lowest BCUT2D eigenvalue weighted by atomic mass is 9.85. The van der Waals surface area contributed by atoms with E-state index in [1.807, 2.05) is 32.0 Å². The number of hydrogen-bond acceptors (Lipinski definition) is 12. The Morgan fingerprint density at radius 2 is 1.81 bits per heavy atom. The van der Waals surface area contributed by atoms with Gasteiger partial charge in [0.2, 0.25) is 12.3 Å². The number of amides is 3. The third-order valence-corrected chi connectivity index (χ3v) is 12.0. The first-order valence-corrected chi connectivity index (χ1v) is 19.8. The van der Waals surface area contributed by atoms with Crippen molar-refractivity contribution in [1.29, 1.82) is 0 Å². The summed E-state index contributed by atoms with van der Waals surface area (Å²) in [5.74, 6) is 2.01. The van der Waals surface area contributed by atoms with Crippen molar-refractivity contribution in [3.63, 3.8) is 0 Å². The summed E-state index contributed by atoms with van der Waals surface area (Å²) in [5, 5.41) is 9.47. The first kappa shape index (κ1) is 37.7. The molecule has 3 amide bonds. The van der Waals surface area contributed by atoms with Crippen molar-refractivity contribution in [2.45, 2.75) is 58.0 Å². The summed E-state index contributed by atoms with van der Waals surface area (Å²) in [7, 11) is 0. The number of fused-ring (bicyclic) bond motifs is 1. The summed E-state index contributed by atoms with van der Waals surface area (Å²) in [6.45, 7) is 14.3. The van der Waals surface area contributed by atoms with E-state index in [4.69, 9.17) is 16.6 Å². The maximum absolute atomic E-state index is 12.9. The second-order valence-corrected chi connectivity index (χ2v) is 15.8. The molecule has 3 saturated heterocycles. The van der Waals surface area contributed by atoms with E-state index in [-0.39, 0.29) is 17.7 Å². The number of aryl methyl sites for hydroxylation is 2. The minimum atomic E-state index is -0.260. The van der Waals surface area contributed by atoms with Gasteiger partial charge in [-0.2, -0.15) is 0 Å². The normalized spacial score (nSPS) is 19.0. The molecule has 2 aromatic carbocycles. The smallest absolute Gasteiger partial charge is 0.267 e. The summed E-state index contributed by atoms with van der Waals surface area (Å²) >= 11 is 7.56. The lowest BCUT2D eigenvalue weighted by molar-refractivity contribution is -0.125. The molecule has 3 aliphatic rings. The molecule has 0 aliphatic carbocycles. The Bertz CT molecular complexity index is 1950. The number of rotatable bonds is 15. The van der Waals surface area contributed by atoms with Gasteiger partial charge in [0, 0.05) is 63.5 Å². The highest BCUT2D eigenvalue weighted by Gasteiger charge is 2.51. The van der Waals surface area contributed by atoms with Crippen LogP contribution in [0.15, 0.2) is 54.7 Å². The van der Waals surface area contributed by atoms with Gasteiger partial charge < -0.3 is 20.4 Å². The van der Waals surface area contributed by atoms with E-state index in [9.17, 15) is 14.4 Å². The van der Waals surface area contributed by atoms with Gasteiger partial charge >= 0.3 is 0 Å². The van der Waals surface area contributed by atoms with Crippen LogP contribution in [-0.4, -0.2) is 107 Å². The van der Waals surface area contributed by atoms with E-state index in [2.05, 4.69) is 76.7 Å². The molecule has 3 atom stereocenters. The number of carbonyl (C=O) groups excluding carboxylic acids is 3. The van der Waals surface area contributed by atoms with E-state index >= 15 is 0 Å². The molecule has 284 valence electrons. The summed E-state index contributed by atoms with van der Waals surface area (Å²) in [4.78, 5) is 59.2. The standard InChI is InChI=1S/C39H47ClN10O3S/c1-25(8-13-36(52)42-24-51)28-9-11-29(12-10-28)48-18-16-47(17-19-48)14-5-15-49-22-32-31(49)23-50(32)35-20-34(43-27(3)44-35)45-39-41-21-33(54-39)38(53)46-37-26(2)6-4-7-30(37)40/h4,6-7,9-12,20-21,24-25,31-32H,5,8,13-19,22-23H2,1-3H3,(H,46,53)(H,42,51,52)(H,41,43,44,45)/t25?,31?,32-/m0/s1. The second kappa shape index (κ2) is 16.8. The summed E-state index contributed by atoms with van der Waals surface area (Å²) < 4.78 is 0. The predicted molar refractivity (Wildman–Crippen MR) is 214 cm³/mol. The molecular weight excluding hydrogens is 724 g/mol. The van der Waals surface area contributed by atoms with Crippen molar-refractivity contribution >= 4 is 69.3 Å². The van der Waals surface area contributed by atoms with Crippen molar-refractivity contribution in [1.82, 2.24) is 30.1 Å². The summed E-state index contributed by atoms with van der Waals surface area (Å²) in [6, 6.07) is 17.2. The third kappa shape index (κ3) is 8.67. The minimum absolute atomic E-state index is 0.230. The van der Waals surface area contributed by atoms with Gasteiger partial charge in [0.25, 0.3) is 5.91 Å². The minimum Gasteiger partial charge on any atom is -0.369 e. The number of anilines is 5. The molecule has 2 unspecified atom stereocenters. The van der Waals surface area contributed by atoms with Gasteiger partial charge in [-0.3, -0.25) is 29.5 Å². The molecule has 0 radical (unpaired) electrons. The largest absolute Gasteiger partial charge is 0.369 e. The van der Waals surface area contributed by atoms with Crippen molar-refractivity contribution in [3.05, 3.63) is 81.6 Å². The van der Waals surface area contributed by atoms with Gasteiger partial charge in [-0.05, 0) is 75.0 Å². The van der Waals surface area contributed by atoms with Gasteiger partial charge in [0.15, 0.2) is 5.13 Å². The molecule has 5 heterocycles. The highest BCUT2D eigenvalue weighted by molar-refractivity contribution is 7.17. The van der Waals surface area contributed by atoms with Crippen molar-refractivity contribution in [2.24, 2.45) is 0 Å². The van der Waals surface area contributed by atoms with E-state index in [0.29, 0.717) is 63.7 Å². The molecule has 13 nitrogen and oxygen atoms in total. The van der Waals surface area contributed by atoms with Gasteiger partial charge in [-0.25, -0.2) is 15.0 Å². The lowest BCUT2D eigenvalue weighted by Crippen LogP contribution is -2.79. The summed E-state index contributed by atoms with van der Waals surface area (Å²) in [6.07, 6.45) is 4.22. The molecule has 0 bridgehead atoms. The van der Waals surface area contributed by atoms with Crippen LogP contribution in [0.4, 0.5) is 28.1 Å². The van der Waals surface area contributed by atoms with Crippen LogP contribution in [-0.2, 0) is 9.59 Å². The maximum atomic E-state index is 12.9. The van der Waals surface area contributed by atoms with Crippen LogP contribution in [0.5, 0.6) is 0 Å². The molecule has 2 aromatic heterocycles. The number of halogens is 1. The average molecular weight is 771 g/mol. The fraction of sp³-hybridized carbons (Fsp3) is 0.436. The van der Waals surface area contributed by atoms with Crippen molar-refractivity contribution in [3.8, 4) is 0 Å². The zero-order valence-electron chi connectivity index (χ0n) is 30.9. The maximum Gasteiger partial charge on any atom is 0.267 e. The molecule has 0 saturated carbocycles. The molecule has 3 fully saturated rings. The van der Waals surface area contributed by atoms with Crippen molar-refractivity contribution < 1.29 is 14.4 Å². The molecule has 7 rings (SSSR count). The number of para-hydroxylation sites is 1. The van der Waals surface area contributed by atoms with Gasteiger partial charge in [-0.1, -0.05) is 54.1 Å². The van der Waals surface area contributed by atoms with E-state index in [1.165, 1.54) is 22.6 Å². The quantitative estimate of drug-likeness (QED) is 0.133. The van der Waals surface area contributed by atoms with Crippen LogP contribution in [0, 0.1) is 13.8 Å². The van der Waals surface area contributed by atoms with E-state index in [1.54, 1.807) is 12.3 Å². The number of likely N-dealkylation sites (tertiary alicyclic amines) is 1. The monoisotopic (exact) mass is 770 g/mol. The Morgan fingerprint density at radius 1 is 1.02 bits per heavy atom. The first-order valence-electron chi connectivity index (χ1n) is 18.6. The van der Waals surface area contributed by atoms with E-state index < -0.39 is 0 Å². The fourth-order valence-electron chi connectivity index (χ4n) is 7.53. The molecular formula is C39H47ClN10O3S. The SMILES string of the molecule is Cc1nc(Nc2ncc(C(=O)Nc3c(C)cccc3Cl)s2)cc(N2CC3[C@@H]2CN3CCCN2CCN(c3ccc(C(C)CCC(=O)NC=O)cc3)CC2)n1. The number of carbonyl (C=O) groups is 3. The van der Waals surface area contributed by atoms with Crippen LogP contribution in [0.25, 0.3) is 0 Å². The highest BCUT2D eigenvalue weighted by atomic mass is 35.5. The van der Waals surface area contributed by atoms with Gasteiger partial charge in [-0.15, -0.1) is 0 Å². The van der Waals surface area contributed by atoms with E-state index in [0.717, 1.165) is 70.2 Å². The number of nitrogens with zero attached hydrogens (tertiary/aromatic N) is 7. The number of imide groups is 1. The zero-order chi connectivity index (χ0) is 37.8. The van der Waals surface area contributed by atoms with Crippen LogP contribution >= 0.6 is 22.9 Å². The van der Waals surface area contributed by atoms with Crippen LogP contribution in [0.3, 0.4) is 0 Å². The Hall–Kier alpha value is -4.63. The van der Waals surface area contributed by atoms with Gasteiger partial charge in [0.05, 0.1) is 22.9 Å². The number of piperazine rings is 2. The molecule has 15 heteroatoms. The fourth-order valence-corrected chi connectivity index (χ4v) is 8.52. The topological polar surface area (TPSA) is 139 Å². The average Bonchev–Trinajstić information content (AvgIpc) is 3.62.